The van der Waals surface area contributed by atoms with E-state index in [2.05, 4.69) is 35.2 Å². The molecule has 0 spiro atoms. The lowest BCUT2D eigenvalue weighted by molar-refractivity contribution is -0.0439. The number of rotatable bonds is 3. The molecule has 0 saturated heterocycles. The maximum absolute atomic E-state index is 4.08. The Bertz CT molecular complexity index is 274. The van der Waals surface area contributed by atoms with Crippen LogP contribution in [0.1, 0.15) is 51.9 Å². The fraction of sp³-hybridized carbons (Fsp3) is 1.00. The van der Waals surface area contributed by atoms with Gasteiger partial charge in [-0.05, 0) is 76.2 Å². The third kappa shape index (κ3) is 1.86. The summed E-state index contributed by atoms with van der Waals surface area (Å²) in [6.07, 6.45) is 10.3. The molecule has 0 aromatic carbocycles. The second-order valence-electron chi connectivity index (χ2n) is 7.01. The van der Waals surface area contributed by atoms with Gasteiger partial charge in [-0.3, -0.25) is 0 Å². The molecule has 4 rings (SSSR count). The Hall–Kier alpha value is 0.440. The van der Waals surface area contributed by atoms with Gasteiger partial charge in [0.1, 0.15) is 0 Å². The predicted molar refractivity (Wildman–Crippen MR) is 71.9 cm³/mol. The van der Waals surface area contributed by atoms with Gasteiger partial charge in [0, 0.05) is 10.4 Å². The van der Waals surface area contributed by atoms with Crippen LogP contribution in [0.25, 0.3) is 0 Å². The molecule has 0 aromatic rings. The first-order chi connectivity index (χ1) is 7.53. The normalized spacial score (nSPS) is 51.9. The highest BCUT2D eigenvalue weighted by Gasteiger charge is 2.56. The van der Waals surface area contributed by atoms with Crippen molar-refractivity contribution in [3.05, 3.63) is 0 Å². The van der Waals surface area contributed by atoms with Crippen molar-refractivity contribution in [1.82, 2.24) is 5.32 Å². The highest BCUT2D eigenvalue weighted by Crippen LogP contribution is 2.65. The summed E-state index contributed by atoms with van der Waals surface area (Å²) >= 11 is 4.08. The van der Waals surface area contributed by atoms with Crippen LogP contribution < -0.4 is 5.32 Å². The summed E-state index contributed by atoms with van der Waals surface area (Å²) in [7, 11) is 2.11. The van der Waals surface area contributed by atoms with Crippen molar-refractivity contribution >= 4 is 15.9 Å². The molecule has 0 aromatic heterocycles. The van der Waals surface area contributed by atoms with Crippen molar-refractivity contribution in [3.8, 4) is 0 Å². The van der Waals surface area contributed by atoms with E-state index in [4.69, 9.17) is 0 Å². The van der Waals surface area contributed by atoms with Gasteiger partial charge in [0.25, 0.3) is 0 Å². The molecule has 4 fully saturated rings. The third-order valence-corrected chi connectivity index (χ3v) is 6.27. The quantitative estimate of drug-likeness (QED) is 0.780. The molecule has 4 saturated carbocycles. The van der Waals surface area contributed by atoms with Crippen LogP contribution in [0, 0.1) is 17.3 Å². The van der Waals surface area contributed by atoms with E-state index in [1.807, 2.05) is 0 Å². The predicted octanol–water partition coefficient (Wildman–Crippen LogP) is 3.72. The summed E-state index contributed by atoms with van der Waals surface area (Å²) in [6, 6.07) is 0.687. The van der Waals surface area contributed by atoms with Gasteiger partial charge in [-0.1, -0.05) is 15.9 Å². The van der Waals surface area contributed by atoms with E-state index in [-0.39, 0.29) is 0 Å². The number of hydrogen-bond acceptors (Lipinski definition) is 1. The molecule has 0 heterocycles. The third-order valence-electron chi connectivity index (χ3n) is 5.34. The van der Waals surface area contributed by atoms with E-state index in [0.29, 0.717) is 15.8 Å². The van der Waals surface area contributed by atoms with Crippen molar-refractivity contribution < 1.29 is 0 Å². The minimum atomic E-state index is 0.532. The highest BCUT2D eigenvalue weighted by atomic mass is 79.9. The van der Waals surface area contributed by atoms with Gasteiger partial charge in [-0.2, -0.15) is 0 Å². The number of halogens is 1. The summed E-state index contributed by atoms with van der Waals surface area (Å²) in [4.78, 5) is 0. The molecule has 16 heavy (non-hydrogen) atoms. The van der Waals surface area contributed by atoms with Crippen LogP contribution in [0.3, 0.4) is 0 Å². The van der Waals surface area contributed by atoms with Crippen LogP contribution in [-0.2, 0) is 0 Å². The molecule has 0 radical (unpaired) electrons. The number of nitrogens with one attached hydrogen (secondary N) is 1. The topological polar surface area (TPSA) is 12.0 Å². The Morgan fingerprint density at radius 2 is 1.88 bits per heavy atom. The van der Waals surface area contributed by atoms with Gasteiger partial charge in [0.15, 0.2) is 0 Å². The lowest BCUT2D eigenvalue weighted by atomic mass is 9.48. The van der Waals surface area contributed by atoms with Gasteiger partial charge in [-0.15, -0.1) is 0 Å². The van der Waals surface area contributed by atoms with Crippen LogP contribution in [0.2, 0.25) is 0 Å². The van der Waals surface area contributed by atoms with Crippen LogP contribution in [0.5, 0.6) is 0 Å². The Balaban J connectivity index is 1.81. The first-order valence-corrected chi connectivity index (χ1v) is 7.68. The molecule has 1 N–H and O–H groups in total. The Kier molecular flexibility index (Phi) is 2.68. The van der Waals surface area contributed by atoms with Crippen molar-refractivity contribution in [2.75, 3.05) is 7.05 Å². The highest BCUT2D eigenvalue weighted by molar-refractivity contribution is 9.10. The molecule has 3 unspecified atom stereocenters. The summed E-state index contributed by atoms with van der Waals surface area (Å²) in [5, 5.41) is 3.44. The fourth-order valence-electron chi connectivity index (χ4n) is 5.33. The Labute approximate surface area is 108 Å². The zero-order valence-electron chi connectivity index (χ0n) is 10.6. The minimum absolute atomic E-state index is 0.532. The average molecular weight is 286 g/mol. The average Bonchev–Trinajstić information content (AvgIpc) is 2.12. The molecule has 2 heteroatoms. The maximum atomic E-state index is 4.08. The summed E-state index contributed by atoms with van der Waals surface area (Å²) in [6.45, 7) is 2.35. The molecule has 0 aliphatic heterocycles. The summed E-state index contributed by atoms with van der Waals surface area (Å²) < 4.78 is 0.532. The number of hydrogen-bond donors (Lipinski definition) is 1. The first-order valence-electron chi connectivity index (χ1n) is 6.89. The SMILES string of the molecule is CNC(C)CC12C[C@@H]3C[C@@H](CC(Br)(C3)C1)C2. The molecule has 4 aliphatic carbocycles. The maximum Gasteiger partial charge on any atom is 0.0268 e. The standard InChI is InChI=1S/C14H24BrN/c1-10(16-2)4-13-5-11-3-12(6-13)8-14(15,7-11)9-13/h10-12,16H,3-9H2,1-2H3/t10?,11-,12+,13?,14?. The molecule has 0 amide bonds. The largest absolute Gasteiger partial charge is 0.317 e. The van der Waals surface area contributed by atoms with Gasteiger partial charge in [-0.25, -0.2) is 0 Å². The Morgan fingerprint density at radius 1 is 1.25 bits per heavy atom. The lowest BCUT2D eigenvalue weighted by Crippen LogP contribution is -2.54. The van der Waals surface area contributed by atoms with Crippen molar-refractivity contribution in [2.24, 2.45) is 17.3 Å². The van der Waals surface area contributed by atoms with Gasteiger partial charge in [0.05, 0.1) is 0 Å². The second kappa shape index (κ2) is 3.71. The molecule has 4 bridgehead atoms. The van der Waals surface area contributed by atoms with Crippen molar-refractivity contribution in [1.29, 1.82) is 0 Å². The van der Waals surface area contributed by atoms with E-state index in [0.717, 1.165) is 11.8 Å². The molecular weight excluding hydrogens is 262 g/mol. The smallest absolute Gasteiger partial charge is 0.0268 e. The monoisotopic (exact) mass is 285 g/mol. The zero-order valence-corrected chi connectivity index (χ0v) is 12.1. The molecule has 92 valence electrons. The summed E-state index contributed by atoms with van der Waals surface area (Å²) in [5.41, 5.74) is 0.677. The van der Waals surface area contributed by atoms with Gasteiger partial charge in [0.2, 0.25) is 0 Å². The second-order valence-corrected chi connectivity index (χ2v) is 8.69. The van der Waals surface area contributed by atoms with Crippen LogP contribution >= 0.6 is 15.9 Å². The van der Waals surface area contributed by atoms with Crippen LogP contribution in [0.4, 0.5) is 0 Å². The van der Waals surface area contributed by atoms with E-state index >= 15 is 0 Å². The van der Waals surface area contributed by atoms with Crippen LogP contribution in [-0.4, -0.2) is 17.4 Å². The van der Waals surface area contributed by atoms with Gasteiger partial charge >= 0.3 is 0 Å². The van der Waals surface area contributed by atoms with E-state index in [1.165, 1.54) is 44.9 Å². The van der Waals surface area contributed by atoms with E-state index in [9.17, 15) is 0 Å². The zero-order chi connectivity index (χ0) is 11.4. The van der Waals surface area contributed by atoms with Gasteiger partial charge < -0.3 is 5.32 Å². The van der Waals surface area contributed by atoms with E-state index in [1.54, 1.807) is 0 Å². The van der Waals surface area contributed by atoms with Crippen LogP contribution in [0.15, 0.2) is 0 Å². The minimum Gasteiger partial charge on any atom is -0.317 e. The van der Waals surface area contributed by atoms with Crippen molar-refractivity contribution in [3.63, 3.8) is 0 Å². The fourth-order valence-corrected chi connectivity index (χ4v) is 6.84. The summed E-state index contributed by atoms with van der Waals surface area (Å²) in [5.74, 6) is 2.06. The van der Waals surface area contributed by atoms with Crippen molar-refractivity contribution in [2.45, 2.75) is 62.2 Å². The first kappa shape index (κ1) is 11.5. The molecular formula is C14H24BrN. The Morgan fingerprint density at radius 3 is 2.38 bits per heavy atom. The van der Waals surface area contributed by atoms with E-state index < -0.39 is 0 Å². The molecule has 4 aliphatic rings. The number of alkyl halides is 1. The molecule has 5 atom stereocenters. The lowest BCUT2D eigenvalue weighted by Gasteiger charge is -2.61. The molecule has 1 nitrogen and oxygen atoms in total.